The summed E-state index contributed by atoms with van der Waals surface area (Å²) in [4.78, 5) is 15.7. The van der Waals surface area contributed by atoms with E-state index in [1.54, 1.807) is 0 Å². The molecule has 0 bridgehead atoms. The van der Waals surface area contributed by atoms with Gasteiger partial charge in [0.15, 0.2) is 5.82 Å². The van der Waals surface area contributed by atoms with Gasteiger partial charge in [-0.15, -0.1) is 0 Å². The van der Waals surface area contributed by atoms with Crippen LogP contribution in [0.1, 0.15) is 29.6 Å². The summed E-state index contributed by atoms with van der Waals surface area (Å²) in [5.41, 5.74) is 0.0570. The highest BCUT2D eigenvalue weighted by Gasteiger charge is 2.27. The molecular weight excluding hydrogens is 275 g/mol. The summed E-state index contributed by atoms with van der Waals surface area (Å²) in [7, 11) is 0. The van der Waals surface area contributed by atoms with E-state index in [1.807, 2.05) is 0 Å². The third-order valence-electron chi connectivity index (χ3n) is 2.77. The van der Waals surface area contributed by atoms with Gasteiger partial charge in [0.05, 0.1) is 11.8 Å². The molecule has 0 radical (unpaired) electrons. The number of aromatic nitrogens is 1. The summed E-state index contributed by atoms with van der Waals surface area (Å²) in [5.74, 6) is -0.944. The second-order valence-electron chi connectivity index (χ2n) is 3.88. The molecule has 3 nitrogen and oxygen atoms in total. The Balaban J connectivity index is 2.06. The highest BCUT2D eigenvalue weighted by atomic mass is 79.9. The topological polar surface area (TPSA) is 42.0 Å². The van der Waals surface area contributed by atoms with E-state index in [0.717, 1.165) is 25.5 Å². The van der Waals surface area contributed by atoms with Gasteiger partial charge in [0.25, 0.3) is 5.91 Å². The van der Waals surface area contributed by atoms with Crippen molar-refractivity contribution in [3.05, 3.63) is 29.8 Å². The molecule has 16 heavy (non-hydrogen) atoms. The Morgan fingerprint density at radius 1 is 1.56 bits per heavy atom. The molecule has 86 valence electrons. The van der Waals surface area contributed by atoms with Crippen molar-refractivity contribution in [1.82, 2.24) is 10.3 Å². The van der Waals surface area contributed by atoms with Crippen molar-refractivity contribution in [1.29, 1.82) is 0 Å². The Kier molecular flexibility index (Phi) is 3.53. The van der Waals surface area contributed by atoms with Gasteiger partial charge in [-0.1, -0.05) is 22.4 Å². The van der Waals surface area contributed by atoms with Gasteiger partial charge in [-0.25, -0.2) is 4.39 Å². The van der Waals surface area contributed by atoms with Crippen molar-refractivity contribution in [3.8, 4) is 0 Å². The van der Waals surface area contributed by atoms with E-state index in [1.165, 1.54) is 12.3 Å². The zero-order valence-corrected chi connectivity index (χ0v) is 10.2. The lowest BCUT2D eigenvalue weighted by Crippen LogP contribution is -2.38. The minimum absolute atomic E-state index is 0.0570. The van der Waals surface area contributed by atoms with Crippen LogP contribution in [0.4, 0.5) is 4.39 Å². The van der Waals surface area contributed by atoms with Crippen molar-refractivity contribution in [2.24, 2.45) is 0 Å². The van der Waals surface area contributed by atoms with Crippen LogP contribution in [0.25, 0.3) is 0 Å². The Labute approximate surface area is 102 Å². The number of amides is 1. The van der Waals surface area contributed by atoms with Crippen molar-refractivity contribution in [3.63, 3.8) is 0 Å². The maximum Gasteiger partial charge on any atom is 0.254 e. The highest BCUT2D eigenvalue weighted by molar-refractivity contribution is 9.09. The number of carbonyl (C=O) groups is 1. The third-order valence-corrected chi connectivity index (χ3v) is 3.86. The molecule has 0 saturated heterocycles. The maximum atomic E-state index is 13.3. The second-order valence-corrected chi connectivity index (χ2v) is 5.06. The lowest BCUT2D eigenvalue weighted by molar-refractivity contribution is 0.0934. The SMILES string of the molecule is O=C(NC1CCCC1Br)c1ccncc1F. The van der Waals surface area contributed by atoms with Crippen LogP contribution in [0.3, 0.4) is 0 Å². The van der Waals surface area contributed by atoms with E-state index >= 15 is 0 Å². The molecule has 0 spiro atoms. The summed E-state index contributed by atoms with van der Waals surface area (Å²) in [5, 5.41) is 2.83. The molecule has 1 heterocycles. The number of alkyl halides is 1. The number of carbonyl (C=O) groups excluding carboxylic acids is 1. The van der Waals surface area contributed by atoms with Crippen LogP contribution in [0, 0.1) is 5.82 Å². The maximum absolute atomic E-state index is 13.3. The molecule has 2 atom stereocenters. The Bertz CT molecular complexity index is 399. The molecule has 2 rings (SSSR count). The highest BCUT2D eigenvalue weighted by Crippen LogP contribution is 2.25. The average Bonchev–Trinajstić information content (AvgIpc) is 2.65. The molecule has 2 unspecified atom stereocenters. The fourth-order valence-electron chi connectivity index (χ4n) is 1.88. The van der Waals surface area contributed by atoms with Gasteiger partial charge in [0.1, 0.15) is 0 Å². The van der Waals surface area contributed by atoms with Crippen LogP contribution in [-0.2, 0) is 0 Å². The Hall–Kier alpha value is -0.970. The molecule has 0 aliphatic heterocycles. The van der Waals surface area contributed by atoms with E-state index < -0.39 is 5.82 Å². The third kappa shape index (κ3) is 2.40. The molecule has 1 aromatic rings. The summed E-state index contributed by atoms with van der Waals surface area (Å²) in [6.45, 7) is 0. The molecule has 0 aromatic carbocycles. The van der Waals surface area contributed by atoms with Crippen LogP contribution >= 0.6 is 15.9 Å². The number of rotatable bonds is 2. The lowest BCUT2D eigenvalue weighted by atomic mass is 10.2. The molecule has 5 heteroatoms. The Morgan fingerprint density at radius 2 is 2.38 bits per heavy atom. The lowest BCUT2D eigenvalue weighted by Gasteiger charge is -2.16. The first-order valence-corrected chi connectivity index (χ1v) is 6.14. The molecule has 1 fully saturated rings. The van der Waals surface area contributed by atoms with Crippen molar-refractivity contribution < 1.29 is 9.18 Å². The van der Waals surface area contributed by atoms with E-state index in [0.29, 0.717) is 4.83 Å². The van der Waals surface area contributed by atoms with Crippen LogP contribution in [0.15, 0.2) is 18.5 Å². The number of hydrogen-bond donors (Lipinski definition) is 1. The van der Waals surface area contributed by atoms with Crippen LogP contribution in [0.5, 0.6) is 0 Å². The molecule has 1 N–H and O–H groups in total. The van der Waals surface area contributed by atoms with Gasteiger partial charge in [0, 0.05) is 17.1 Å². The van der Waals surface area contributed by atoms with Gasteiger partial charge >= 0.3 is 0 Å². The molecule has 1 aliphatic rings. The summed E-state index contributed by atoms with van der Waals surface area (Å²) >= 11 is 3.50. The normalized spacial score (nSPS) is 24.4. The quantitative estimate of drug-likeness (QED) is 0.848. The monoisotopic (exact) mass is 286 g/mol. The first-order valence-electron chi connectivity index (χ1n) is 5.23. The van der Waals surface area contributed by atoms with Crippen LogP contribution in [0.2, 0.25) is 0 Å². The first kappa shape index (κ1) is 11.5. The fraction of sp³-hybridized carbons (Fsp3) is 0.455. The largest absolute Gasteiger partial charge is 0.348 e. The van der Waals surface area contributed by atoms with Gasteiger partial charge in [-0.3, -0.25) is 9.78 Å². The summed E-state index contributed by atoms with van der Waals surface area (Å²) in [6, 6.07) is 1.49. The number of hydrogen-bond acceptors (Lipinski definition) is 2. The van der Waals surface area contributed by atoms with E-state index in [-0.39, 0.29) is 17.5 Å². The van der Waals surface area contributed by atoms with Gasteiger partial charge in [0.2, 0.25) is 0 Å². The average molecular weight is 287 g/mol. The number of pyridine rings is 1. The minimum Gasteiger partial charge on any atom is -0.348 e. The molecular formula is C11H12BrFN2O. The zero-order chi connectivity index (χ0) is 11.5. The van der Waals surface area contributed by atoms with Crippen molar-refractivity contribution in [2.45, 2.75) is 30.1 Å². The zero-order valence-electron chi connectivity index (χ0n) is 8.62. The van der Waals surface area contributed by atoms with E-state index in [2.05, 4.69) is 26.2 Å². The molecule has 1 aliphatic carbocycles. The van der Waals surface area contributed by atoms with E-state index in [4.69, 9.17) is 0 Å². The summed E-state index contributed by atoms with van der Waals surface area (Å²) in [6.07, 6.45) is 5.53. The Morgan fingerprint density at radius 3 is 3.00 bits per heavy atom. The van der Waals surface area contributed by atoms with Gasteiger partial charge < -0.3 is 5.32 Å². The number of nitrogens with zero attached hydrogens (tertiary/aromatic N) is 1. The first-order chi connectivity index (χ1) is 7.68. The van der Waals surface area contributed by atoms with Crippen molar-refractivity contribution in [2.75, 3.05) is 0 Å². The van der Waals surface area contributed by atoms with Crippen LogP contribution < -0.4 is 5.32 Å². The fourth-order valence-corrected chi connectivity index (χ4v) is 2.60. The van der Waals surface area contributed by atoms with Gasteiger partial charge in [-0.05, 0) is 18.9 Å². The number of nitrogens with one attached hydrogen (secondary N) is 1. The van der Waals surface area contributed by atoms with Gasteiger partial charge in [-0.2, -0.15) is 0 Å². The standard InChI is InChI=1S/C11H12BrFN2O/c12-8-2-1-3-10(8)15-11(16)7-4-5-14-6-9(7)13/h4-6,8,10H,1-3H2,(H,15,16). The smallest absolute Gasteiger partial charge is 0.254 e. The van der Waals surface area contributed by atoms with Crippen LogP contribution in [-0.4, -0.2) is 21.8 Å². The predicted molar refractivity (Wildman–Crippen MR) is 62.0 cm³/mol. The van der Waals surface area contributed by atoms with E-state index in [9.17, 15) is 9.18 Å². The molecule has 1 saturated carbocycles. The second kappa shape index (κ2) is 4.91. The summed E-state index contributed by atoms with van der Waals surface area (Å²) < 4.78 is 13.3. The molecule has 1 amide bonds. The number of halogens is 2. The molecule has 1 aromatic heterocycles. The minimum atomic E-state index is -0.580. The predicted octanol–water partition coefficient (Wildman–Crippen LogP) is 2.27. The van der Waals surface area contributed by atoms with Crippen molar-refractivity contribution >= 4 is 21.8 Å².